The molecule has 1 saturated carbocycles. The van der Waals surface area contributed by atoms with E-state index in [-0.39, 0.29) is 23.4 Å². The van der Waals surface area contributed by atoms with Crippen LogP contribution in [0.4, 0.5) is 0 Å². The standard InChI is InChI=1S/C31H40BNO5/c1-21-11-9-13-23(17-21)29-33-28(22(2)36-29)20-35-26-15-10-14-25(18-26)34-19-24-12-7-8-16-27(24)32-37-30(3,4)31(5,6)38-32/h7-9,11-13,16-17,25-26H,10,14-15,18-20H2,1-6H3/t25-,26+/m1/s1. The van der Waals surface area contributed by atoms with E-state index in [1.807, 2.05) is 31.2 Å². The zero-order valence-corrected chi connectivity index (χ0v) is 23.6. The Kier molecular flexibility index (Phi) is 7.83. The van der Waals surface area contributed by atoms with Crippen molar-refractivity contribution in [3.63, 3.8) is 0 Å². The van der Waals surface area contributed by atoms with Crippen LogP contribution in [-0.2, 0) is 32.0 Å². The molecule has 3 aromatic rings. The largest absolute Gasteiger partial charge is 0.495 e. The van der Waals surface area contributed by atoms with Gasteiger partial charge in [0.2, 0.25) is 5.89 Å². The van der Waals surface area contributed by atoms with Crippen molar-refractivity contribution in [2.75, 3.05) is 0 Å². The summed E-state index contributed by atoms with van der Waals surface area (Å²) in [5.74, 6) is 1.46. The van der Waals surface area contributed by atoms with Gasteiger partial charge in [0, 0.05) is 5.56 Å². The quantitative estimate of drug-likeness (QED) is 0.327. The molecule has 0 radical (unpaired) electrons. The fourth-order valence-corrected chi connectivity index (χ4v) is 5.14. The van der Waals surface area contributed by atoms with Gasteiger partial charge in [0.15, 0.2) is 0 Å². The molecule has 0 amide bonds. The lowest BCUT2D eigenvalue weighted by Gasteiger charge is -2.32. The number of rotatable bonds is 8. The van der Waals surface area contributed by atoms with Crippen molar-refractivity contribution in [2.24, 2.45) is 0 Å². The van der Waals surface area contributed by atoms with Gasteiger partial charge in [-0.3, -0.25) is 0 Å². The summed E-state index contributed by atoms with van der Waals surface area (Å²) in [6.07, 6.45) is 4.33. The number of oxazole rings is 1. The highest BCUT2D eigenvalue weighted by atomic mass is 16.7. The minimum Gasteiger partial charge on any atom is -0.441 e. The Labute approximate surface area is 227 Å². The van der Waals surface area contributed by atoms with Crippen LogP contribution >= 0.6 is 0 Å². The molecule has 0 bridgehead atoms. The monoisotopic (exact) mass is 517 g/mol. The Hall–Kier alpha value is -2.45. The van der Waals surface area contributed by atoms with Gasteiger partial charge in [-0.2, -0.15) is 0 Å². The van der Waals surface area contributed by atoms with E-state index in [1.165, 1.54) is 5.56 Å². The molecule has 0 unspecified atom stereocenters. The number of aryl methyl sites for hydroxylation is 2. The summed E-state index contributed by atoms with van der Waals surface area (Å²) >= 11 is 0. The lowest BCUT2D eigenvalue weighted by Crippen LogP contribution is -2.41. The van der Waals surface area contributed by atoms with Crippen molar-refractivity contribution in [1.29, 1.82) is 0 Å². The predicted octanol–water partition coefficient (Wildman–Crippen LogP) is 6.30. The minimum absolute atomic E-state index is 0.144. The summed E-state index contributed by atoms with van der Waals surface area (Å²) in [6, 6.07) is 16.5. The van der Waals surface area contributed by atoms with Gasteiger partial charge < -0.3 is 23.2 Å². The molecule has 6 nitrogen and oxygen atoms in total. The van der Waals surface area contributed by atoms with Crippen molar-refractivity contribution < 1.29 is 23.2 Å². The number of hydrogen-bond acceptors (Lipinski definition) is 6. The number of hydrogen-bond donors (Lipinski definition) is 0. The average Bonchev–Trinajstić information content (AvgIpc) is 3.36. The molecule has 1 saturated heterocycles. The van der Waals surface area contributed by atoms with E-state index < -0.39 is 7.12 Å². The zero-order valence-electron chi connectivity index (χ0n) is 23.6. The van der Waals surface area contributed by atoms with Gasteiger partial charge >= 0.3 is 7.12 Å². The molecular weight excluding hydrogens is 477 g/mol. The van der Waals surface area contributed by atoms with Crippen LogP contribution in [0.25, 0.3) is 11.5 Å². The molecule has 2 atom stereocenters. The SMILES string of the molecule is Cc1cccc(-c2nc(CO[C@H]3CCC[C@@H](OCc4ccccc4B4OC(C)(C)C(C)(C)O4)C3)c(C)o2)c1. The molecular formula is C31H40BNO5. The smallest absolute Gasteiger partial charge is 0.441 e. The molecule has 0 N–H and O–H groups in total. The first-order chi connectivity index (χ1) is 18.1. The van der Waals surface area contributed by atoms with E-state index in [4.69, 9.17) is 28.2 Å². The average molecular weight is 517 g/mol. The Bertz CT molecular complexity index is 1240. The second kappa shape index (κ2) is 11.0. The Balaban J connectivity index is 1.16. The maximum absolute atomic E-state index is 6.43. The molecule has 2 fully saturated rings. The van der Waals surface area contributed by atoms with Crippen molar-refractivity contribution in [1.82, 2.24) is 4.98 Å². The topological polar surface area (TPSA) is 63.0 Å². The Morgan fingerprint density at radius 2 is 1.58 bits per heavy atom. The van der Waals surface area contributed by atoms with Crippen LogP contribution in [0, 0.1) is 13.8 Å². The summed E-state index contributed by atoms with van der Waals surface area (Å²) in [5, 5.41) is 0. The summed E-state index contributed by atoms with van der Waals surface area (Å²) in [6.45, 7) is 13.3. The van der Waals surface area contributed by atoms with Gasteiger partial charge in [0.25, 0.3) is 0 Å². The number of nitrogens with zero attached hydrogens (tertiary/aromatic N) is 1. The van der Waals surface area contributed by atoms with E-state index in [1.54, 1.807) is 0 Å². The lowest BCUT2D eigenvalue weighted by atomic mass is 9.76. The third-order valence-corrected chi connectivity index (χ3v) is 8.23. The summed E-state index contributed by atoms with van der Waals surface area (Å²) < 4.78 is 31.3. The first-order valence-corrected chi connectivity index (χ1v) is 13.8. The third kappa shape index (κ3) is 5.91. The second-order valence-corrected chi connectivity index (χ2v) is 11.7. The molecule has 1 aliphatic heterocycles. The highest BCUT2D eigenvalue weighted by Crippen LogP contribution is 2.37. The molecule has 5 rings (SSSR count). The van der Waals surface area contributed by atoms with E-state index in [9.17, 15) is 0 Å². The molecule has 1 aromatic heterocycles. The van der Waals surface area contributed by atoms with E-state index in [0.717, 1.165) is 53.7 Å². The highest BCUT2D eigenvalue weighted by Gasteiger charge is 2.52. The normalized spacial score (nSPS) is 22.6. The number of aromatic nitrogens is 1. The van der Waals surface area contributed by atoms with Crippen LogP contribution in [0.1, 0.15) is 76.0 Å². The minimum atomic E-state index is -0.391. The molecule has 1 aliphatic carbocycles. The Morgan fingerprint density at radius 3 is 2.29 bits per heavy atom. The number of ether oxygens (including phenoxy) is 2. The first-order valence-electron chi connectivity index (χ1n) is 13.8. The van der Waals surface area contributed by atoms with Crippen LogP contribution in [0.15, 0.2) is 52.9 Å². The van der Waals surface area contributed by atoms with Gasteiger partial charge in [-0.05, 0) is 90.4 Å². The number of benzene rings is 2. The Morgan fingerprint density at radius 1 is 0.895 bits per heavy atom. The van der Waals surface area contributed by atoms with Crippen LogP contribution < -0.4 is 5.46 Å². The van der Waals surface area contributed by atoms with Crippen molar-refractivity contribution in [2.45, 2.75) is 104 Å². The van der Waals surface area contributed by atoms with Crippen LogP contribution in [0.5, 0.6) is 0 Å². The molecule has 7 heteroatoms. The van der Waals surface area contributed by atoms with Crippen LogP contribution in [-0.4, -0.2) is 35.5 Å². The van der Waals surface area contributed by atoms with Gasteiger partial charge in [0.1, 0.15) is 11.5 Å². The van der Waals surface area contributed by atoms with Gasteiger partial charge in [-0.15, -0.1) is 0 Å². The van der Waals surface area contributed by atoms with E-state index in [0.29, 0.717) is 19.1 Å². The lowest BCUT2D eigenvalue weighted by molar-refractivity contribution is -0.0561. The molecule has 2 aliphatic rings. The van der Waals surface area contributed by atoms with Crippen LogP contribution in [0.2, 0.25) is 0 Å². The summed E-state index contributed by atoms with van der Waals surface area (Å²) in [5.41, 5.74) is 4.44. The molecule has 2 heterocycles. The van der Waals surface area contributed by atoms with Crippen molar-refractivity contribution >= 4 is 12.6 Å². The van der Waals surface area contributed by atoms with Crippen molar-refractivity contribution in [3.8, 4) is 11.5 Å². The maximum Gasteiger partial charge on any atom is 0.495 e. The van der Waals surface area contributed by atoms with Crippen molar-refractivity contribution in [3.05, 3.63) is 71.1 Å². The zero-order chi connectivity index (χ0) is 26.9. The third-order valence-electron chi connectivity index (χ3n) is 8.23. The summed E-state index contributed by atoms with van der Waals surface area (Å²) in [7, 11) is -0.391. The predicted molar refractivity (Wildman–Crippen MR) is 149 cm³/mol. The molecule has 2 aromatic carbocycles. The van der Waals surface area contributed by atoms with Gasteiger partial charge in [-0.25, -0.2) is 4.98 Å². The first kappa shape index (κ1) is 27.1. The maximum atomic E-state index is 6.43. The molecule has 0 spiro atoms. The fraction of sp³-hybridized carbons (Fsp3) is 0.516. The van der Waals surface area contributed by atoms with Crippen LogP contribution in [0.3, 0.4) is 0 Å². The summed E-state index contributed by atoms with van der Waals surface area (Å²) in [4.78, 5) is 4.72. The van der Waals surface area contributed by atoms with E-state index in [2.05, 4.69) is 58.9 Å². The van der Waals surface area contributed by atoms with Gasteiger partial charge in [-0.1, -0.05) is 42.0 Å². The fourth-order valence-electron chi connectivity index (χ4n) is 5.14. The van der Waals surface area contributed by atoms with E-state index >= 15 is 0 Å². The molecule has 202 valence electrons. The highest BCUT2D eigenvalue weighted by molar-refractivity contribution is 6.62. The second-order valence-electron chi connectivity index (χ2n) is 11.7. The molecule has 38 heavy (non-hydrogen) atoms. The van der Waals surface area contributed by atoms with Gasteiger partial charge in [0.05, 0.1) is 36.6 Å².